The summed E-state index contributed by atoms with van der Waals surface area (Å²) in [5, 5.41) is 3.58. The monoisotopic (exact) mass is 263 g/mol. The number of hydrogen-bond donors (Lipinski definition) is 1. The molecular weight excluding hydrogens is 242 g/mol. The van der Waals surface area contributed by atoms with E-state index in [-0.39, 0.29) is 5.97 Å². The van der Waals surface area contributed by atoms with Crippen molar-refractivity contribution < 1.29 is 14.3 Å². The second-order valence-electron chi connectivity index (χ2n) is 6.44. The number of hydrogen-bond acceptors (Lipinski definition) is 4. The predicted molar refractivity (Wildman–Crippen MR) is 69.4 cm³/mol. The third kappa shape index (κ3) is 1.84. The van der Waals surface area contributed by atoms with E-state index in [1.165, 1.54) is 25.3 Å². The van der Waals surface area contributed by atoms with Gasteiger partial charge in [-0.25, -0.2) is 4.79 Å². The van der Waals surface area contributed by atoms with E-state index in [1.54, 1.807) is 0 Å². The van der Waals surface area contributed by atoms with Crippen molar-refractivity contribution in [3.8, 4) is 0 Å². The Balaban J connectivity index is 1.26. The maximum absolute atomic E-state index is 10.9. The minimum absolute atomic E-state index is 0.331. The van der Waals surface area contributed by atoms with Gasteiger partial charge in [-0.1, -0.05) is 6.58 Å². The summed E-state index contributed by atoms with van der Waals surface area (Å²) in [4.78, 5) is 10.9. The van der Waals surface area contributed by atoms with Gasteiger partial charge >= 0.3 is 5.97 Å². The lowest BCUT2D eigenvalue weighted by molar-refractivity contribution is -0.137. The average Bonchev–Trinajstić information content (AvgIpc) is 2.79. The van der Waals surface area contributed by atoms with Gasteiger partial charge in [0.05, 0.1) is 12.2 Å². The van der Waals surface area contributed by atoms with Crippen molar-refractivity contribution in [1.29, 1.82) is 0 Å². The molecule has 0 spiro atoms. The summed E-state index contributed by atoms with van der Waals surface area (Å²) in [5.41, 5.74) is 0. The molecule has 7 unspecified atom stereocenters. The zero-order valence-corrected chi connectivity index (χ0v) is 11.1. The van der Waals surface area contributed by atoms with Crippen molar-refractivity contribution in [3.05, 3.63) is 12.7 Å². The Morgan fingerprint density at radius 1 is 1.37 bits per heavy atom. The minimum Gasteiger partial charge on any atom is -0.461 e. The average molecular weight is 263 g/mol. The van der Waals surface area contributed by atoms with Crippen LogP contribution in [0.15, 0.2) is 12.7 Å². The Hall–Kier alpha value is -0.870. The molecule has 4 heteroatoms. The molecule has 1 heterocycles. The number of esters is 1. The maximum Gasteiger partial charge on any atom is 0.330 e. The van der Waals surface area contributed by atoms with Crippen LogP contribution in [-0.4, -0.2) is 37.4 Å². The number of rotatable bonds is 5. The first-order valence-electron chi connectivity index (χ1n) is 7.46. The van der Waals surface area contributed by atoms with Crippen LogP contribution in [0.5, 0.6) is 0 Å². The lowest BCUT2D eigenvalue weighted by Gasteiger charge is -2.33. The Morgan fingerprint density at radius 3 is 3.11 bits per heavy atom. The maximum atomic E-state index is 10.9. The van der Waals surface area contributed by atoms with E-state index in [0.717, 1.165) is 30.2 Å². The normalized spacial score (nSPS) is 48.7. The Labute approximate surface area is 113 Å². The van der Waals surface area contributed by atoms with Crippen molar-refractivity contribution >= 4 is 5.97 Å². The molecule has 3 saturated carbocycles. The van der Waals surface area contributed by atoms with E-state index in [1.807, 2.05) is 0 Å². The number of epoxide rings is 1. The van der Waals surface area contributed by atoms with Crippen LogP contribution in [0.1, 0.15) is 19.3 Å². The zero-order valence-electron chi connectivity index (χ0n) is 11.1. The third-order valence-corrected chi connectivity index (χ3v) is 5.66. The summed E-state index contributed by atoms with van der Waals surface area (Å²) < 4.78 is 10.7. The van der Waals surface area contributed by atoms with Crippen LogP contribution < -0.4 is 5.32 Å². The molecule has 0 aromatic rings. The summed E-state index contributed by atoms with van der Waals surface area (Å²) in [5.74, 6) is 3.15. The summed E-state index contributed by atoms with van der Waals surface area (Å²) in [6.45, 7) is 4.59. The first-order chi connectivity index (χ1) is 9.28. The first-order valence-corrected chi connectivity index (χ1v) is 7.46. The van der Waals surface area contributed by atoms with E-state index >= 15 is 0 Å². The van der Waals surface area contributed by atoms with Gasteiger partial charge in [-0.3, -0.25) is 0 Å². The highest BCUT2D eigenvalue weighted by atomic mass is 16.6. The van der Waals surface area contributed by atoms with Crippen molar-refractivity contribution in [2.75, 3.05) is 13.2 Å². The van der Waals surface area contributed by atoms with Crippen LogP contribution in [-0.2, 0) is 14.3 Å². The molecule has 2 bridgehead atoms. The molecular formula is C15H21NO3. The van der Waals surface area contributed by atoms with Gasteiger partial charge in [-0.2, -0.15) is 0 Å². The topological polar surface area (TPSA) is 50.9 Å². The number of nitrogens with one attached hydrogen (secondary N) is 1. The van der Waals surface area contributed by atoms with Crippen molar-refractivity contribution in [2.24, 2.45) is 23.7 Å². The molecule has 4 nitrogen and oxygen atoms in total. The van der Waals surface area contributed by atoms with Crippen LogP contribution in [0.25, 0.3) is 0 Å². The van der Waals surface area contributed by atoms with Gasteiger partial charge in [-0.05, 0) is 42.9 Å². The molecule has 104 valence electrons. The number of fused-ring (bicyclic) bond motifs is 7. The molecule has 4 aliphatic rings. The highest BCUT2D eigenvalue weighted by molar-refractivity contribution is 5.81. The standard InChI is InChI=1S/C15H21NO3/c1-2-13(17)18-4-3-16-11-6-8-5-9(11)10-7-12-15(19-12)14(8)10/h2,8-12,14-16H,1,3-7H2. The quantitative estimate of drug-likeness (QED) is 0.349. The number of carbonyl (C=O) groups is 1. The van der Waals surface area contributed by atoms with Gasteiger partial charge in [0.2, 0.25) is 0 Å². The van der Waals surface area contributed by atoms with Crippen LogP contribution in [0, 0.1) is 23.7 Å². The fourth-order valence-electron chi connectivity index (χ4n) is 5.02. The minimum atomic E-state index is -0.331. The molecule has 1 saturated heterocycles. The van der Waals surface area contributed by atoms with E-state index in [4.69, 9.17) is 9.47 Å². The van der Waals surface area contributed by atoms with Crippen molar-refractivity contribution in [3.63, 3.8) is 0 Å². The molecule has 0 amide bonds. The highest BCUT2D eigenvalue weighted by Crippen LogP contribution is 2.64. The van der Waals surface area contributed by atoms with Gasteiger partial charge in [0.25, 0.3) is 0 Å². The van der Waals surface area contributed by atoms with E-state index in [0.29, 0.717) is 24.9 Å². The van der Waals surface area contributed by atoms with Gasteiger partial charge < -0.3 is 14.8 Å². The molecule has 4 rings (SSSR count). The van der Waals surface area contributed by atoms with Crippen LogP contribution >= 0.6 is 0 Å². The highest BCUT2D eigenvalue weighted by Gasteiger charge is 2.66. The molecule has 1 aliphatic heterocycles. The molecule has 4 fully saturated rings. The summed E-state index contributed by atoms with van der Waals surface area (Å²) in [6.07, 6.45) is 6.40. The molecule has 0 aromatic heterocycles. The lowest BCUT2D eigenvalue weighted by atomic mass is 9.78. The fourth-order valence-corrected chi connectivity index (χ4v) is 5.02. The first kappa shape index (κ1) is 11.9. The van der Waals surface area contributed by atoms with Gasteiger partial charge in [0, 0.05) is 18.7 Å². The van der Waals surface area contributed by atoms with Crippen molar-refractivity contribution in [2.45, 2.75) is 37.5 Å². The van der Waals surface area contributed by atoms with E-state index < -0.39 is 0 Å². The largest absolute Gasteiger partial charge is 0.461 e. The van der Waals surface area contributed by atoms with Crippen LogP contribution in [0.3, 0.4) is 0 Å². The molecule has 19 heavy (non-hydrogen) atoms. The van der Waals surface area contributed by atoms with Crippen LogP contribution in [0.4, 0.5) is 0 Å². The van der Waals surface area contributed by atoms with E-state index in [9.17, 15) is 4.79 Å². The Bertz CT molecular complexity index is 410. The summed E-state index contributed by atoms with van der Waals surface area (Å²) in [7, 11) is 0. The Morgan fingerprint density at radius 2 is 2.26 bits per heavy atom. The van der Waals surface area contributed by atoms with Crippen LogP contribution in [0.2, 0.25) is 0 Å². The lowest BCUT2D eigenvalue weighted by Crippen LogP contribution is -2.42. The molecule has 0 aromatic carbocycles. The van der Waals surface area contributed by atoms with Crippen molar-refractivity contribution in [1.82, 2.24) is 5.32 Å². The molecule has 1 N–H and O–H groups in total. The third-order valence-electron chi connectivity index (χ3n) is 5.66. The van der Waals surface area contributed by atoms with Gasteiger partial charge in [-0.15, -0.1) is 0 Å². The summed E-state index contributed by atoms with van der Waals surface area (Å²) >= 11 is 0. The molecule has 7 atom stereocenters. The van der Waals surface area contributed by atoms with Gasteiger partial charge in [0.15, 0.2) is 0 Å². The second-order valence-corrected chi connectivity index (χ2v) is 6.44. The molecule has 0 radical (unpaired) electrons. The number of carbonyl (C=O) groups excluding carboxylic acids is 1. The van der Waals surface area contributed by atoms with E-state index in [2.05, 4.69) is 11.9 Å². The Kier molecular flexibility index (Phi) is 2.71. The number of ether oxygens (including phenoxy) is 2. The fraction of sp³-hybridized carbons (Fsp3) is 0.800. The second kappa shape index (κ2) is 4.32. The zero-order chi connectivity index (χ0) is 13.0. The van der Waals surface area contributed by atoms with Gasteiger partial charge in [0.1, 0.15) is 6.61 Å². The smallest absolute Gasteiger partial charge is 0.330 e. The predicted octanol–water partition coefficient (Wildman–Crippen LogP) is 1.12. The summed E-state index contributed by atoms with van der Waals surface area (Å²) in [6, 6.07) is 0.631. The SMILES string of the molecule is C=CC(=O)OCCNC1CC2CC1C1CC3OC3C21. The molecule has 3 aliphatic carbocycles.